The fraction of sp³-hybridized carbons (Fsp3) is 0.632. The maximum atomic E-state index is 5.73. The molecule has 0 unspecified atom stereocenters. The summed E-state index contributed by atoms with van der Waals surface area (Å²) in [6.45, 7) is 8.69. The smallest absolute Gasteiger partial charge is 0.194 e. The van der Waals surface area contributed by atoms with Gasteiger partial charge in [0.1, 0.15) is 5.75 Å². The summed E-state index contributed by atoms with van der Waals surface area (Å²) < 4.78 is 11.4. The molecule has 0 radical (unpaired) electrons. The maximum absolute atomic E-state index is 5.73. The quantitative estimate of drug-likeness (QED) is 0.251. The lowest BCUT2D eigenvalue weighted by atomic mass is 10.2. The number of benzene rings is 1. The van der Waals surface area contributed by atoms with Gasteiger partial charge < -0.3 is 19.7 Å². The lowest BCUT2D eigenvalue weighted by Gasteiger charge is -2.22. The molecule has 1 aromatic carbocycles. The lowest BCUT2D eigenvalue weighted by molar-refractivity contribution is 0.115. The van der Waals surface area contributed by atoms with E-state index in [9.17, 15) is 0 Å². The molecule has 0 amide bonds. The molecule has 2 rings (SSSR count). The third kappa shape index (κ3) is 8.27. The third-order valence-electron chi connectivity index (χ3n) is 3.99. The Morgan fingerprint density at radius 1 is 1.28 bits per heavy atom. The van der Waals surface area contributed by atoms with Crippen molar-refractivity contribution in [3.63, 3.8) is 0 Å². The second-order valence-corrected chi connectivity index (χ2v) is 6.15. The summed E-state index contributed by atoms with van der Waals surface area (Å²) >= 11 is 0. The van der Waals surface area contributed by atoms with Crippen molar-refractivity contribution in [2.24, 2.45) is 10.9 Å². The highest BCUT2D eigenvalue weighted by atomic mass is 127. The van der Waals surface area contributed by atoms with Crippen LogP contribution in [0, 0.1) is 5.92 Å². The van der Waals surface area contributed by atoms with Crippen molar-refractivity contribution in [3.05, 3.63) is 29.8 Å². The van der Waals surface area contributed by atoms with E-state index in [0.29, 0.717) is 13.2 Å². The van der Waals surface area contributed by atoms with Gasteiger partial charge in [0, 0.05) is 32.3 Å². The van der Waals surface area contributed by atoms with Crippen LogP contribution >= 0.6 is 24.0 Å². The summed E-state index contributed by atoms with van der Waals surface area (Å²) in [5.41, 5.74) is 1.10. The van der Waals surface area contributed by atoms with Crippen LogP contribution in [-0.4, -0.2) is 50.8 Å². The number of para-hydroxylation sites is 1. The Kier molecular flexibility index (Phi) is 10.9. The molecule has 0 bridgehead atoms. The number of likely N-dealkylation sites (N-methyl/N-ethyl adjacent to an activating group) is 1. The fourth-order valence-corrected chi connectivity index (χ4v) is 2.40. The predicted octanol–water partition coefficient (Wildman–Crippen LogP) is 3.53. The van der Waals surface area contributed by atoms with Crippen molar-refractivity contribution in [1.29, 1.82) is 0 Å². The number of guanidine groups is 1. The number of hydrogen-bond acceptors (Lipinski definition) is 3. The number of aliphatic imine (C=N–C) groups is 1. The minimum atomic E-state index is 0. The maximum Gasteiger partial charge on any atom is 0.194 e. The van der Waals surface area contributed by atoms with Gasteiger partial charge in [0.15, 0.2) is 5.96 Å². The van der Waals surface area contributed by atoms with E-state index in [4.69, 9.17) is 14.5 Å². The van der Waals surface area contributed by atoms with Crippen LogP contribution in [0.25, 0.3) is 0 Å². The van der Waals surface area contributed by atoms with E-state index in [-0.39, 0.29) is 24.0 Å². The Balaban J connectivity index is 0.00000312. The molecule has 0 saturated heterocycles. The number of rotatable bonds is 10. The molecule has 0 aliphatic heterocycles. The summed E-state index contributed by atoms with van der Waals surface area (Å²) in [4.78, 5) is 6.87. The summed E-state index contributed by atoms with van der Waals surface area (Å²) in [6.07, 6.45) is 2.67. The van der Waals surface area contributed by atoms with E-state index in [1.807, 2.05) is 25.1 Å². The minimum Gasteiger partial charge on any atom is -0.494 e. The monoisotopic (exact) mass is 461 g/mol. The van der Waals surface area contributed by atoms with E-state index < -0.39 is 0 Å². The standard InChI is InChI=1S/C19H31N3O2.HI/c1-4-20-19(22(3)12-13-23-15-16-10-11-16)21-14-17-8-6-7-9-18(17)24-5-2;/h6-9,16H,4-5,10-15H2,1-3H3,(H,20,21);1H. The zero-order chi connectivity index (χ0) is 17.2. The molecule has 1 fully saturated rings. The van der Waals surface area contributed by atoms with E-state index in [1.54, 1.807) is 0 Å². The highest BCUT2D eigenvalue weighted by Crippen LogP contribution is 2.28. The Morgan fingerprint density at radius 2 is 2.04 bits per heavy atom. The van der Waals surface area contributed by atoms with Gasteiger partial charge in [0.2, 0.25) is 0 Å². The van der Waals surface area contributed by atoms with Gasteiger partial charge in [0.25, 0.3) is 0 Å². The van der Waals surface area contributed by atoms with Crippen molar-refractivity contribution in [1.82, 2.24) is 10.2 Å². The highest BCUT2D eigenvalue weighted by molar-refractivity contribution is 14.0. The Labute approximate surface area is 169 Å². The molecule has 5 nitrogen and oxygen atoms in total. The minimum absolute atomic E-state index is 0. The number of halogens is 1. The van der Waals surface area contributed by atoms with Gasteiger partial charge in [-0.15, -0.1) is 24.0 Å². The molecule has 142 valence electrons. The van der Waals surface area contributed by atoms with Gasteiger partial charge in [-0.2, -0.15) is 0 Å². The average molecular weight is 461 g/mol. The molecule has 1 saturated carbocycles. The third-order valence-corrected chi connectivity index (χ3v) is 3.99. The first-order chi connectivity index (χ1) is 11.7. The van der Waals surface area contributed by atoms with E-state index in [0.717, 1.165) is 49.5 Å². The normalized spacial score (nSPS) is 14.0. The van der Waals surface area contributed by atoms with Crippen LogP contribution in [0.1, 0.15) is 32.3 Å². The number of ether oxygens (including phenoxy) is 2. The number of nitrogens with zero attached hydrogens (tertiary/aromatic N) is 2. The molecular weight excluding hydrogens is 429 g/mol. The molecule has 1 aliphatic carbocycles. The van der Waals surface area contributed by atoms with Crippen molar-refractivity contribution < 1.29 is 9.47 Å². The molecule has 25 heavy (non-hydrogen) atoms. The van der Waals surface area contributed by atoms with Gasteiger partial charge in [-0.3, -0.25) is 0 Å². The summed E-state index contributed by atoms with van der Waals surface area (Å²) in [7, 11) is 2.05. The van der Waals surface area contributed by atoms with Gasteiger partial charge in [-0.25, -0.2) is 4.99 Å². The Hall–Kier alpha value is -1.02. The Morgan fingerprint density at radius 3 is 2.72 bits per heavy atom. The average Bonchev–Trinajstić information content (AvgIpc) is 3.41. The SMILES string of the molecule is CCNC(=NCc1ccccc1OCC)N(C)CCOCC1CC1.I. The molecule has 0 heterocycles. The summed E-state index contributed by atoms with van der Waals surface area (Å²) in [5.74, 6) is 2.63. The van der Waals surface area contributed by atoms with E-state index in [2.05, 4.69) is 30.3 Å². The molecule has 1 aliphatic rings. The molecule has 0 aromatic heterocycles. The first-order valence-corrected chi connectivity index (χ1v) is 9.02. The highest BCUT2D eigenvalue weighted by Gasteiger charge is 2.21. The van der Waals surface area contributed by atoms with E-state index in [1.165, 1.54) is 12.8 Å². The van der Waals surface area contributed by atoms with Gasteiger partial charge >= 0.3 is 0 Å². The van der Waals surface area contributed by atoms with Gasteiger partial charge in [-0.1, -0.05) is 18.2 Å². The first kappa shape index (κ1) is 22.0. The molecule has 1 N–H and O–H groups in total. The van der Waals surface area contributed by atoms with Crippen LogP contribution < -0.4 is 10.1 Å². The molecular formula is C19H32IN3O2. The van der Waals surface area contributed by atoms with Crippen LogP contribution in [0.5, 0.6) is 5.75 Å². The molecule has 6 heteroatoms. The lowest BCUT2D eigenvalue weighted by Crippen LogP contribution is -2.40. The van der Waals surface area contributed by atoms with Gasteiger partial charge in [-0.05, 0) is 38.7 Å². The van der Waals surface area contributed by atoms with Crippen molar-refractivity contribution >= 4 is 29.9 Å². The van der Waals surface area contributed by atoms with Crippen molar-refractivity contribution in [3.8, 4) is 5.75 Å². The fourth-order valence-electron chi connectivity index (χ4n) is 2.40. The van der Waals surface area contributed by atoms with Gasteiger partial charge in [0.05, 0.1) is 19.8 Å². The second kappa shape index (κ2) is 12.4. The summed E-state index contributed by atoms with van der Waals surface area (Å²) in [6, 6.07) is 8.08. The molecule has 1 aromatic rings. The van der Waals surface area contributed by atoms with E-state index >= 15 is 0 Å². The van der Waals surface area contributed by atoms with Crippen LogP contribution in [0.15, 0.2) is 29.3 Å². The number of nitrogens with one attached hydrogen (secondary N) is 1. The zero-order valence-corrected chi connectivity index (χ0v) is 18.0. The zero-order valence-electron chi connectivity index (χ0n) is 15.7. The van der Waals surface area contributed by atoms with Crippen molar-refractivity contribution in [2.45, 2.75) is 33.2 Å². The Bertz CT molecular complexity index is 521. The van der Waals surface area contributed by atoms with Crippen LogP contribution in [-0.2, 0) is 11.3 Å². The molecule has 0 atom stereocenters. The number of hydrogen-bond donors (Lipinski definition) is 1. The first-order valence-electron chi connectivity index (χ1n) is 9.02. The van der Waals surface area contributed by atoms with Crippen molar-refractivity contribution in [2.75, 3.05) is 40.0 Å². The van der Waals surface area contributed by atoms with Crippen LogP contribution in [0.3, 0.4) is 0 Å². The summed E-state index contributed by atoms with van der Waals surface area (Å²) in [5, 5.41) is 3.35. The largest absolute Gasteiger partial charge is 0.494 e. The predicted molar refractivity (Wildman–Crippen MR) is 114 cm³/mol. The molecule has 0 spiro atoms. The second-order valence-electron chi connectivity index (χ2n) is 6.15. The van der Waals surface area contributed by atoms with Crippen LogP contribution in [0.2, 0.25) is 0 Å². The van der Waals surface area contributed by atoms with Crippen LogP contribution in [0.4, 0.5) is 0 Å². The topological polar surface area (TPSA) is 46.1 Å².